The standard InChI is InChI=1S/C15H18ClN3O2S/c1-8(2)14-18-19-15(22-14)17-12(20)7-21-11-5-9(3)13(16)10(4)6-11/h5-6,8H,7H2,1-4H3,(H,17,19,20). The van der Waals surface area contributed by atoms with Gasteiger partial charge in [-0.3, -0.25) is 10.1 Å². The highest BCUT2D eigenvalue weighted by Gasteiger charge is 2.11. The molecule has 0 unspecified atom stereocenters. The normalized spacial score (nSPS) is 10.8. The summed E-state index contributed by atoms with van der Waals surface area (Å²) in [4.78, 5) is 11.9. The van der Waals surface area contributed by atoms with Crippen LogP contribution in [0, 0.1) is 13.8 Å². The van der Waals surface area contributed by atoms with Crippen molar-refractivity contribution in [1.29, 1.82) is 0 Å². The molecule has 0 saturated carbocycles. The molecule has 0 aliphatic heterocycles. The summed E-state index contributed by atoms with van der Waals surface area (Å²) in [5, 5.41) is 12.7. The number of carbonyl (C=O) groups is 1. The summed E-state index contributed by atoms with van der Waals surface area (Å²) in [6.45, 7) is 7.77. The van der Waals surface area contributed by atoms with Crippen LogP contribution < -0.4 is 10.1 Å². The number of anilines is 1. The van der Waals surface area contributed by atoms with Crippen molar-refractivity contribution < 1.29 is 9.53 Å². The molecule has 118 valence electrons. The molecule has 0 radical (unpaired) electrons. The molecule has 0 bridgehead atoms. The van der Waals surface area contributed by atoms with Gasteiger partial charge in [-0.25, -0.2) is 0 Å². The zero-order valence-electron chi connectivity index (χ0n) is 12.9. The van der Waals surface area contributed by atoms with Crippen molar-refractivity contribution in [2.75, 3.05) is 11.9 Å². The summed E-state index contributed by atoms with van der Waals surface area (Å²) in [5.41, 5.74) is 1.84. The zero-order chi connectivity index (χ0) is 16.3. The van der Waals surface area contributed by atoms with Crippen molar-refractivity contribution in [2.24, 2.45) is 0 Å². The van der Waals surface area contributed by atoms with E-state index in [4.69, 9.17) is 16.3 Å². The minimum atomic E-state index is -0.267. The highest BCUT2D eigenvalue weighted by molar-refractivity contribution is 7.15. The molecule has 0 atom stereocenters. The van der Waals surface area contributed by atoms with Gasteiger partial charge in [-0.2, -0.15) is 0 Å². The lowest BCUT2D eigenvalue weighted by atomic mass is 10.1. The number of nitrogens with one attached hydrogen (secondary N) is 1. The molecule has 0 fully saturated rings. The van der Waals surface area contributed by atoms with Gasteiger partial charge in [-0.1, -0.05) is 36.8 Å². The smallest absolute Gasteiger partial charge is 0.264 e. The molecule has 1 N–H and O–H groups in total. The van der Waals surface area contributed by atoms with Gasteiger partial charge in [0.1, 0.15) is 10.8 Å². The van der Waals surface area contributed by atoms with Gasteiger partial charge >= 0.3 is 0 Å². The van der Waals surface area contributed by atoms with Crippen LogP contribution in [0.5, 0.6) is 5.75 Å². The first-order chi connectivity index (χ1) is 10.4. The van der Waals surface area contributed by atoms with Crippen molar-refractivity contribution in [3.05, 3.63) is 33.3 Å². The predicted octanol–water partition coefficient (Wildman–Crippen LogP) is 3.95. The number of ether oxygens (including phenoxy) is 1. The summed E-state index contributed by atoms with van der Waals surface area (Å²) in [7, 11) is 0. The van der Waals surface area contributed by atoms with Crippen molar-refractivity contribution >= 4 is 34.0 Å². The van der Waals surface area contributed by atoms with Crippen LogP contribution in [-0.4, -0.2) is 22.7 Å². The maximum absolute atomic E-state index is 11.9. The molecule has 0 aliphatic carbocycles. The fraction of sp³-hybridized carbons (Fsp3) is 0.400. The van der Waals surface area contributed by atoms with E-state index < -0.39 is 0 Å². The quantitative estimate of drug-likeness (QED) is 0.895. The highest BCUT2D eigenvalue weighted by Crippen LogP contribution is 2.26. The van der Waals surface area contributed by atoms with E-state index in [2.05, 4.69) is 15.5 Å². The summed E-state index contributed by atoms with van der Waals surface area (Å²) in [5.74, 6) is 0.644. The minimum absolute atomic E-state index is 0.0862. The first-order valence-corrected chi connectivity index (χ1v) is 8.09. The Labute approximate surface area is 138 Å². The van der Waals surface area contributed by atoms with E-state index in [1.54, 1.807) is 0 Å². The van der Waals surface area contributed by atoms with Crippen molar-refractivity contribution in [3.8, 4) is 5.75 Å². The average molecular weight is 340 g/mol. The van der Waals surface area contributed by atoms with E-state index in [1.807, 2.05) is 39.8 Å². The zero-order valence-corrected chi connectivity index (χ0v) is 14.5. The lowest BCUT2D eigenvalue weighted by molar-refractivity contribution is -0.118. The third kappa shape index (κ3) is 4.18. The first kappa shape index (κ1) is 16.7. The maximum atomic E-state index is 11.9. The van der Waals surface area contributed by atoms with E-state index >= 15 is 0 Å². The van der Waals surface area contributed by atoms with Gasteiger partial charge in [0, 0.05) is 10.9 Å². The van der Waals surface area contributed by atoms with Crippen molar-refractivity contribution in [2.45, 2.75) is 33.6 Å². The topological polar surface area (TPSA) is 64.1 Å². The van der Waals surface area contributed by atoms with Crippen LogP contribution in [0.3, 0.4) is 0 Å². The largest absolute Gasteiger partial charge is 0.484 e. The van der Waals surface area contributed by atoms with E-state index in [1.165, 1.54) is 11.3 Å². The van der Waals surface area contributed by atoms with Crippen molar-refractivity contribution in [3.63, 3.8) is 0 Å². The second-order valence-electron chi connectivity index (χ2n) is 5.31. The fourth-order valence-electron chi connectivity index (χ4n) is 1.81. The molecule has 1 amide bonds. The van der Waals surface area contributed by atoms with E-state index in [-0.39, 0.29) is 12.5 Å². The first-order valence-electron chi connectivity index (χ1n) is 6.89. The molecule has 1 aromatic carbocycles. The van der Waals surface area contributed by atoms with Crippen LogP contribution in [-0.2, 0) is 4.79 Å². The predicted molar refractivity (Wildman–Crippen MR) is 89.0 cm³/mol. The number of benzene rings is 1. The number of aryl methyl sites for hydroxylation is 2. The van der Waals surface area contributed by atoms with Crippen LogP contribution in [0.2, 0.25) is 5.02 Å². The molecule has 1 aromatic heterocycles. The van der Waals surface area contributed by atoms with Crippen LogP contribution >= 0.6 is 22.9 Å². The molecular weight excluding hydrogens is 322 g/mol. The maximum Gasteiger partial charge on any atom is 0.264 e. The van der Waals surface area contributed by atoms with Crippen LogP contribution in [0.4, 0.5) is 5.13 Å². The molecule has 2 aromatic rings. The Hall–Kier alpha value is -1.66. The lowest BCUT2D eigenvalue weighted by Crippen LogP contribution is -2.20. The number of halogens is 1. The third-order valence-electron chi connectivity index (χ3n) is 2.96. The Bertz CT molecular complexity index is 662. The molecule has 2 rings (SSSR count). The number of amides is 1. The van der Waals surface area contributed by atoms with Gasteiger partial charge in [0.25, 0.3) is 5.91 Å². The number of nitrogens with zero attached hydrogens (tertiary/aromatic N) is 2. The summed E-state index contributed by atoms with van der Waals surface area (Å²) < 4.78 is 5.50. The number of rotatable bonds is 5. The summed E-state index contributed by atoms with van der Waals surface area (Å²) >= 11 is 7.47. The van der Waals surface area contributed by atoms with E-state index in [0.717, 1.165) is 16.1 Å². The van der Waals surface area contributed by atoms with Crippen LogP contribution in [0.25, 0.3) is 0 Å². The van der Waals surface area contributed by atoms with Gasteiger partial charge < -0.3 is 4.74 Å². The highest BCUT2D eigenvalue weighted by atomic mass is 35.5. The average Bonchev–Trinajstić information content (AvgIpc) is 2.91. The Kier molecular flexibility index (Phi) is 5.37. The monoisotopic (exact) mass is 339 g/mol. The SMILES string of the molecule is Cc1cc(OCC(=O)Nc2nnc(C(C)C)s2)cc(C)c1Cl. The third-order valence-corrected chi connectivity index (χ3v) is 4.70. The second-order valence-corrected chi connectivity index (χ2v) is 6.70. The van der Waals surface area contributed by atoms with E-state index in [9.17, 15) is 4.79 Å². The van der Waals surface area contributed by atoms with E-state index in [0.29, 0.717) is 21.8 Å². The van der Waals surface area contributed by atoms with Gasteiger partial charge in [0.2, 0.25) is 5.13 Å². The molecule has 22 heavy (non-hydrogen) atoms. The Morgan fingerprint density at radius 3 is 2.50 bits per heavy atom. The van der Waals surface area contributed by atoms with Crippen LogP contribution in [0.15, 0.2) is 12.1 Å². The summed E-state index contributed by atoms with van der Waals surface area (Å²) in [6, 6.07) is 3.62. The minimum Gasteiger partial charge on any atom is -0.484 e. The Morgan fingerprint density at radius 1 is 1.32 bits per heavy atom. The van der Waals surface area contributed by atoms with Gasteiger partial charge in [0.15, 0.2) is 6.61 Å². The second kappa shape index (κ2) is 7.07. The van der Waals surface area contributed by atoms with Crippen LogP contribution in [0.1, 0.15) is 35.9 Å². The molecule has 0 spiro atoms. The number of carbonyl (C=O) groups excluding carboxylic acids is 1. The molecule has 7 heteroatoms. The number of aromatic nitrogens is 2. The van der Waals surface area contributed by atoms with Gasteiger partial charge in [0.05, 0.1) is 0 Å². The molecule has 5 nitrogen and oxygen atoms in total. The molecule has 1 heterocycles. The van der Waals surface area contributed by atoms with Crippen molar-refractivity contribution in [1.82, 2.24) is 10.2 Å². The number of hydrogen-bond donors (Lipinski definition) is 1. The molecular formula is C15H18ClN3O2S. The number of hydrogen-bond acceptors (Lipinski definition) is 5. The summed E-state index contributed by atoms with van der Waals surface area (Å²) in [6.07, 6.45) is 0. The van der Waals surface area contributed by atoms with Gasteiger partial charge in [-0.05, 0) is 37.1 Å². The Balaban J connectivity index is 1.92. The Morgan fingerprint density at radius 2 is 1.95 bits per heavy atom. The lowest BCUT2D eigenvalue weighted by Gasteiger charge is -2.09. The fourth-order valence-corrected chi connectivity index (χ4v) is 2.68. The van der Waals surface area contributed by atoms with Gasteiger partial charge in [-0.15, -0.1) is 10.2 Å². The molecule has 0 aliphatic rings. The molecule has 0 saturated heterocycles.